The van der Waals surface area contributed by atoms with Crippen LogP contribution in [0.4, 0.5) is 18.9 Å². The van der Waals surface area contributed by atoms with Crippen LogP contribution in [0.5, 0.6) is 5.75 Å². The molecule has 0 atom stereocenters. The van der Waals surface area contributed by atoms with Crippen molar-refractivity contribution in [3.8, 4) is 5.75 Å². The Hall–Kier alpha value is -1.82. The van der Waals surface area contributed by atoms with Crippen LogP contribution in [0, 0.1) is 0 Å². The third-order valence-electron chi connectivity index (χ3n) is 2.63. The summed E-state index contributed by atoms with van der Waals surface area (Å²) in [5.41, 5.74) is 4.27. The Balaban J connectivity index is 2.35. The first-order valence-electron chi connectivity index (χ1n) is 5.69. The summed E-state index contributed by atoms with van der Waals surface area (Å²) >= 11 is 1.20. The molecule has 0 spiro atoms. The first-order chi connectivity index (χ1) is 9.41. The van der Waals surface area contributed by atoms with Gasteiger partial charge in [-0.15, -0.1) is 0 Å². The molecule has 2 rings (SSSR count). The maximum atomic E-state index is 12.8. The highest BCUT2D eigenvalue weighted by Crippen LogP contribution is 2.39. The standard InChI is InChI=1S/C14H12F3NOS/c1-19-12-4-2-3-5-13(12)20-9-6-7-11(18)10(8-9)14(15,16)17/h2-8H,18H2,1H3. The van der Waals surface area contributed by atoms with Gasteiger partial charge in [-0.05, 0) is 30.3 Å². The lowest BCUT2D eigenvalue weighted by molar-refractivity contribution is -0.137. The second-order valence-electron chi connectivity index (χ2n) is 4.00. The topological polar surface area (TPSA) is 35.2 Å². The van der Waals surface area contributed by atoms with Crippen molar-refractivity contribution in [1.82, 2.24) is 0 Å². The Labute approximate surface area is 118 Å². The second-order valence-corrected chi connectivity index (χ2v) is 5.12. The van der Waals surface area contributed by atoms with Crippen LogP contribution >= 0.6 is 11.8 Å². The van der Waals surface area contributed by atoms with Crippen LogP contribution in [0.25, 0.3) is 0 Å². The molecule has 6 heteroatoms. The quantitative estimate of drug-likeness (QED) is 0.851. The molecular formula is C14H12F3NOS. The fourth-order valence-corrected chi connectivity index (χ4v) is 2.64. The average molecular weight is 299 g/mol. The molecule has 2 aromatic carbocycles. The summed E-state index contributed by atoms with van der Waals surface area (Å²) in [4.78, 5) is 1.20. The molecule has 0 saturated heterocycles. The van der Waals surface area contributed by atoms with E-state index < -0.39 is 11.7 Å². The second kappa shape index (κ2) is 5.66. The SMILES string of the molecule is COc1ccccc1Sc1ccc(N)c(C(F)(F)F)c1. The van der Waals surface area contributed by atoms with E-state index in [9.17, 15) is 13.2 Å². The van der Waals surface area contributed by atoms with Crippen LogP contribution < -0.4 is 10.5 Å². The van der Waals surface area contributed by atoms with E-state index in [4.69, 9.17) is 10.5 Å². The lowest BCUT2D eigenvalue weighted by Gasteiger charge is -2.12. The minimum Gasteiger partial charge on any atom is -0.496 e. The molecule has 0 fully saturated rings. The molecule has 2 N–H and O–H groups in total. The highest BCUT2D eigenvalue weighted by atomic mass is 32.2. The largest absolute Gasteiger partial charge is 0.496 e. The molecule has 0 radical (unpaired) electrons. The van der Waals surface area contributed by atoms with Gasteiger partial charge in [-0.1, -0.05) is 23.9 Å². The van der Waals surface area contributed by atoms with Gasteiger partial charge in [0.15, 0.2) is 0 Å². The Bertz CT molecular complexity index is 614. The number of halogens is 3. The Kier molecular flexibility index (Phi) is 4.13. The van der Waals surface area contributed by atoms with Crippen molar-refractivity contribution in [2.24, 2.45) is 0 Å². The molecule has 0 aromatic heterocycles. The Morgan fingerprint density at radius 1 is 1.10 bits per heavy atom. The zero-order chi connectivity index (χ0) is 14.8. The number of ether oxygens (including phenoxy) is 1. The summed E-state index contributed by atoms with van der Waals surface area (Å²) in [6.45, 7) is 0. The van der Waals surface area contributed by atoms with E-state index in [0.717, 1.165) is 11.0 Å². The summed E-state index contributed by atoms with van der Waals surface area (Å²) in [6, 6.07) is 11.0. The smallest absolute Gasteiger partial charge is 0.418 e. The summed E-state index contributed by atoms with van der Waals surface area (Å²) < 4.78 is 43.6. The minimum absolute atomic E-state index is 0.276. The predicted octanol–water partition coefficient (Wildman–Crippen LogP) is 4.45. The lowest BCUT2D eigenvalue weighted by Crippen LogP contribution is -2.08. The number of anilines is 1. The van der Waals surface area contributed by atoms with Crippen LogP contribution in [0.1, 0.15) is 5.56 Å². The Morgan fingerprint density at radius 2 is 1.80 bits per heavy atom. The van der Waals surface area contributed by atoms with Gasteiger partial charge in [-0.3, -0.25) is 0 Å². The highest BCUT2D eigenvalue weighted by molar-refractivity contribution is 7.99. The summed E-state index contributed by atoms with van der Waals surface area (Å²) in [5.74, 6) is 0.614. The summed E-state index contributed by atoms with van der Waals surface area (Å²) in [6.07, 6.45) is -4.46. The number of benzene rings is 2. The predicted molar refractivity (Wildman–Crippen MR) is 73.0 cm³/mol. The number of rotatable bonds is 3. The van der Waals surface area contributed by atoms with Crippen molar-refractivity contribution in [3.63, 3.8) is 0 Å². The fraction of sp³-hybridized carbons (Fsp3) is 0.143. The van der Waals surface area contributed by atoms with Gasteiger partial charge < -0.3 is 10.5 Å². The van der Waals surface area contributed by atoms with E-state index in [-0.39, 0.29) is 5.69 Å². The van der Waals surface area contributed by atoms with E-state index in [0.29, 0.717) is 10.6 Å². The first kappa shape index (κ1) is 14.6. The van der Waals surface area contributed by atoms with Crippen LogP contribution in [0.15, 0.2) is 52.3 Å². The van der Waals surface area contributed by atoms with Gasteiger partial charge in [0.05, 0.1) is 17.6 Å². The number of alkyl halides is 3. The van der Waals surface area contributed by atoms with E-state index in [1.54, 1.807) is 30.3 Å². The average Bonchev–Trinajstić information content (AvgIpc) is 2.40. The third-order valence-corrected chi connectivity index (χ3v) is 3.67. The molecule has 0 aliphatic carbocycles. The van der Waals surface area contributed by atoms with E-state index in [1.807, 2.05) is 0 Å². The van der Waals surface area contributed by atoms with Crippen molar-refractivity contribution in [2.75, 3.05) is 12.8 Å². The van der Waals surface area contributed by atoms with Gasteiger partial charge in [0.2, 0.25) is 0 Å². The van der Waals surface area contributed by atoms with Gasteiger partial charge in [-0.2, -0.15) is 13.2 Å². The molecule has 0 heterocycles. The molecule has 0 unspecified atom stereocenters. The molecule has 106 valence electrons. The molecule has 2 aromatic rings. The molecule has 0 aliphatic heterocycles. The summed E-state index contributed by atoms with van der Waals surface area (Å²) in [7, 11) is 1.52. The fourth-order valence-electron chi connectivity index (χ4n) is 1.67. The zero-order valence-corrected chi connectivity index (χ0v) is 11.4. The first-order valence-corrected chi connectivity index (χ1v) is 6.51. The molecule has 20 heavy (non-hydrogen) atoms. The molecule has 2 nitrogen and oxygen atoms in total. The maximum Gasteiger partial charge on any atom is 0.418 e. The van der Waals surface area contributed by atoms with E-state index in [2.05, 4.69) is 0 Å². The number of para-hydroxylation sites is 1. The highest BCUT2D eigenvalue weighted by Gasteiger charge is 2.33. The molecule has 0 amide bonds. The monoisotopic (exact) mass is 299 g/mol. The Morgan fingerprint density at radius 3 is 2.45 bits per heavy atom. The van der Waals surface area contributed by atoms with Crippen LogP contribution in [0.3, 0.4) is 0 Å². The number of nitrogens with two attached hydrogens (primary N) is 1. The number of methoxy groups -OCH3 is 1. The third kappa shape index (κ3) is 3.19. The van der Waals surface area contributed by atoms with E-state index in [1.165, 1.54) is 24.9 Å². The van der Waals surface area contributed by atoms with Crippen molar-refractivity contribution in [3.05, 3.63) is 48.0 Å². The number of nitrogen functional groups attached to an aromatic ring is 1. The van der Waals surface area contributed by atoms with Crippen LogP contribution in [0.2, 0.25) is 0 Å². The van der Waals surface area contributed by atoms with Gasteiger partial charge in [0.1, 0.15) is 5.75 Å². The van der Waals surface area contributed by atoms with Gasteiger partial charge in [0.25, 0.3) is 0 Å². The molecular weight excluding hydrogens is 287 g/mol. The van der Waals surface area contributed by atoms with Crippen molar-refractivity contribution in [1.29, 1.82) is 0 Å². The molecule has 0 bridgehead atoms. The van der Waals surface area contributed by atoms with Gasteiger partial charge in [-0.25, -0.2) is 0 Å². The zero-order valence-electron chi connectivity index (χ0n) is 10.6. The van der Waals surface area contributed by atoms with Crippen LogP contribution in [-0.4, -0.2) is 7.11 Å². The number of hydrogen-bond acceptors (Lipinski definition) is 3. The normalized spacial score (nSPS) is 11.4. The lowest BCUT2D eigenvalue weighted by atomic mass is 10.2. The summed E-state index contributed by atoms with van der Waals surface area (Å²) in [5, 5.41) is 0. The molecule has 0 aliphatic rings. The van der Waals surface area contributed by atoms with Gasteiger partial charge >= 0.3 is 6.18 Å². The van der Waals surface area contributed by atoms with Crippen molar-refractivity contribution in [2.45, 2.75) is 16.0 Å². The minimum atomic E-state index is -4.46. The van der Waals surface area contributed by atoms with Crippen LogP contribution in [-0.2, 0) is 6.18 Å². The maximum absolute atomic E-state index is 12.8. The van der Waals surface area contributed by atoms with E-state index >= 15 is 0 Å². The molecule has 0 saturated carbocycles. The van der Waals surface area contributed by atoms with Crippen molar-refractivity contribution < 1.29 is 17.9 Å². The van der Waals surface area contributed by atoms with Gasteiger partial charge in [0, 0.05) is 10.6 Å². The number of hydrogen-bond donors (Lipinski definition) is 1. The van der Waals surface area contributed by atoms with Crippen molar-refractivity contribution >= 4 is 17.4 Å².